The summed E-state index contributed by atoms with van der Waals surface area (Å²) in [5.41, 5.74) is 1.47. The smallest absolute Gasteiger partial charge is 0.269 e. The van der Waals surface area contributed by atoms with Gasteiger partial charge in [0, 0.05) is 41.8 Å². The van der Waals surface area contributed by atoms with Gasteiger partial charge in [-0.2, -0.15) is 4.98 Å². The Bertz CT molecular complexity index is 1030. The third kappa shape index (κ3) is 5.01. The maximum atomic E-state index is 10.9. The summed E-state index contributed by atoms with van der Waals surface area (Å²) in [7, 11) is 0. The van der Waals surface area contributed by atoms with Crippen molar-refractivity contribution in [1.29, 1.82) is 0 Å². The van der Waals surface area contributed by atoms with Crippen LogP contribution in [0.1, 0.15) is 11.3 Å². The molecule has 1 heterocycles. The van der Waals surface area contributed by atoms with Crippen LogP contribution in [0.2, 0.25) is 0 Å². The Morgan fingerprint density at radius 3 is 2.36 bits per heavy atom. The zero-order valence-electron chi connectivity index (χ0n) is 14.6. The van der Waals surface area contributed by atoms with Crippen LogP contribution in [0.3, 0.4) is 0 Å². The molecular formula is C18H14N4O5S. The Morgan fingerprint density at radius 2 is 1.68 bits per heavy atom. The van der Waals surface area contributed by atoms with Gasteiger partial charge in [0.2, 0.25) is 5.88 Å². The Kier molecular flexibility index (Phi) is 5.80. The van der Waals surface area contributed by atoms with E-state index < -0.39 is 9.85 Å². The van der Waals surface area contributed by atoms with Crippen molar-refractivity contribution >= 4 is 23.1 Å². The summed E-state index contributed by atoms with van der Waals surface area (Å²) in [5.74, 6) is 1.18. The molecule has 10 heteroatoms. The summed E-state index contributed by atoms with van der Waals surface area (Å²) >= 11 is 1.33. The molecule has 1 aromatic heterocycles. The Balaban J connectivity index is 1.71. The van der Waals surface area contributed by atoms with Crippen molar-refractivity contribution in [3.63, 3.8) is 0 Å². The number of rotatable bonds is 7. The van der Waals surface area contributed by atoms with Gasteiger partial charge in [-0.25, -0.2) is 4.98 Å². The molecule has 9 nitrogen and oxygen atoms in total. The highest BCUT2D eigenvalue weighted by atomic mass is 32.2. The number of nitrogens with zero attached hydrogens (tertiary/aromatic N) is 4. The van der Waals surface area contributed by atoms with Gasteiger partial charge in [0.25, 0.3) is 11.4 Å². The number of benzene rings is 2. The Hall–Kier alpha value is -3.53. The predicted molar refractivity (Wildman–Crippen MR) is 103 cm³/mol. The number of ether oxygens (including phenoxy) is 1. The largest absolute Gasteiger partial charge is 0.439 e. The van der Waals surface area contributed by atoms with Crippen LogP contribution in [0.25, 0.3) is 0 Å². The minimum atomic E-state index is -0.485. The molecule has 0 saturated heterocycles. The summed E-state index contributed by atoms with van der Waals surface area (Å²) in [6, 6.07) is 13.7. The van der Waals surface area contributed by atoms with Crippen LogP contribution in [0.4, 0.5) is 11.4 Å². The number of nitro benzene ring substituents is 2. The van der Waals surface area contributed by atoms with E-state index in [1.54, 1.807) is 25.1 Å². The number of non-ortho nitro benzene ring substituents is 2. The van der Waals surface area contributed by atoms with E-state index in [1.807, 2.05) is 0 Å². The molecule has 0 atom stereocenters. The molecular weight excluding hydrogens is 384 g/mol. The highest BCUT2D eigenvalue weighted by Crippen LogP contribution is 2.27. The number of aromatic nitrogens is 2. The molecule has 28 heavy (non-hydrogen) atoms. The second-order valence-corrected chi connectivity index (χ2v) is 6.64. The molecule has 0 amide bonds. The number of aryl methyl sites for hydroxylation is 1. The van der Waals surface area contributed by atoms with E-state index in [1.165, 1.54) is 48.2 Å². The van der Waals surface area contributed by atoms with E-state index >= 15 is 0 Å². The number of thioether (sulfide) groups is 1. The molecule has 0 N–H and O–H groups in total. The van der Waals surface area contributed by atoms with Gasteiger partial charge in [0.15, 0.2) is 5.16 Å². The van der Waals surface area contributed by atoms with Crippen molar-refractivity contribution in [3.05, 3.63) is 86.1 Å². The van der Waals surface area contributed by atoms with Crippen LogP contribution in [0.5, 0.6) is 11.6 Å². The van der Waals surface area contributed by atoms with Crippen molar-refractivity contribution in [2.24, 2.45) is 0 Å². The average Bonchev–Trinajstić information content (AvgIpc) is 2.66. The van der Waals surface area contributed by atoms with Gasteiger partial charge in [-0.15, -0.1) is 0 Å². The monoisotopic (exact) mass is 398 g/mol. The first-order chi connectivity index (χ1) is 13.4. The number of nitro groups is 2. The van der Waals surface area contributed by atoms with E-state index in [2.05, 4.69) is 9.97 Å². The lowest BCUT2D eigenvalue weighted by atomic mass is 10.2. The van der Waals surface area contributed by atoms with E-state index in [0.717, 1.165) is 5.56 Å². The first-order valence-electron chi connectivity index (χ1n) is 8.05. The molecule has 0 saturated carbocycles. The van der Waals surface area contributed by atoms with Crippen molar-refractivity contribution in [3.8, 4) is 11.6 Å². The Morgan fingerprint density at radius 1 is 0.964 bits per heavy atom. The topological polar surface area (TPSA) is 121 Å². The zero-order valence-corrected chi connectivity index (χ0v) is 15.5. The molecule has 0 fully saturated rings. The predicted octanol–water partition coefficient (Wildman–Crippen LogP) is 4.69. The zero-order chi connectivity index (χ0) is 20.1. The molecule has 0 aliphatic rings. The third-order valence-corrected chi connectivity index (χ3v) is 4.49. The van der Waals surface area contributed by atoms with Crippen LogP contribution < -0.4 is 4.74 Å². The highest BCUT2D eigenvalue weighted by molar-refractivity contribution is 7.98. The molecule has 0 aliphatic carbocycles. The van der Waals surface area contributed by atoms with Crippen molar-refractivity contribution in [2.45, 2.75) is 17.8 Å². The molecule has 2 aromatic carbocycles. The summed E-state index contributed by atoms with van der Waals surface area (Å²) < 4.78 is 5.66. The highest BCUT2D eigenvalue weighted by Gasteiger charge is 2.10. The van der Waals surface area contributed by atoms with Crippen LogP contribution >= 0.6 is 11.8 Å². The fourth-order valence-corrected chi connectivity index (χ4v) is 3.13. The molecule has 0 radical (unpaired) electrons. The van der Waals surface area contributed by atoms with Crippen molar-refractivity contribution in [1.82, 2.24) is 9.97 Å². The van der Waals surface area contributed by atoms with Crippen LogP contribution in [0.15, 0.2) is 59.8 Å². The normalized spacial score (nSPS) is 10.5. The number of hydrogen-bond acceptors (Lipinski definition) is 8. The van der Waals surface area contributed by atoms with Gasteiger partial charge >= 0.3 is 0 Å². The average molecular weight is 398 g/mol. The summed E-state index contributed by atoms with van der Waals surface area (Å²) in [4.78, 5) is 29.3. The molecule has 3 rings (SSSR count). The molecule has 0 spiro atoms. The van der Waals surface area contributed by atoms with Gasteiger partial charge in [-0.3, -0.25) is 20.2 Å². The minimum Gasteiger partial charge on any atom is -0.439 e. The number of hydrogen-bond donors (Lipinski definition) is 0. The second-order valence-electron chi connectivity index (χ2n) is 5.70. The standard InChI is InChI=1S/C18H14N4O5S/c1-12-9-17(27-16-7-5-14(6-8-16)21(23)24)20-18(19-12)28-11-13-3-2-4-15(10-13)22(25)26/h2-10H,11H2,1H3. The van der Waals surface area contributed by atoms with Gasteiger partial charge in [-0.1, -0.05) is 23.9 Å². The lowest BCUT2D eigenvalue weighted by Crippen LogP contribution is -1.96. The minimum absolute atomic E-state index is 0.0283. The van der Waals surface area contributed by atoms with E-state index in [4.69, 9.17) is 4.74 Å². The van der Waals surface area contributed by atoms with Gasteiger partial charge in [-0.05, 0) is 24.6 Å². The van der Waals surface area contributed by atoms with Gasteiger partial charge in [0.05, 0.1) is 9.85 Å². The van der Waals surface area contributed by atoms with Gasteiger partial charge in [0.1, 0.15) is 5.75 Å². The summed E-state index contributed by atoms with van der Waals surface area (Å²) in [6.07, 6.45) is 0. The van der Waals surface area contributed by atoms with Gasteiger partial charge < -0.3 is 4.74 Å². The van der Waals surface area contributed by atoms with Crippen LogP contribution in [-0.4, -0.2) is 19.8 Å². The molecule has 0 unspecified atom stereocenters. The Labute approximate surface area is 163 Å². The first-order valence-corrected chi connectivity index (χ1v) is 9.03. The van der Waals surface area contributed by atoms with Crippen LogP contribution in [0, 0.1) is 27.2 Å². The maximum absolute atomic E-state index is 10.9. The fraction of sp³-hybridized carbons (Fsp3) is 0.111. The fourth-order valence-electron chi connectivity index (χ4n) is 2.29. The summed E-state index contributed by atoms with van der Waals surface area (Å²) in [6.45, 7) is 1.79. The maximum Gasteiger partial charge on any atom is 0.269 e. The van der Waals surface area contributed by atoms with E-state index in [0.29, 0.717) is 28.2 Å². The quantitative estimate of drug-likeness (QED) is 0.243. The van der Waals surface area contributed by atoms with E-state index in [-0.39, 0.29) is 11.4 Å². The third-order valence-electron chi connectivity index (χ3n) is 3.57. The van der Waals surface area contributed by atoms with E-state index in [9.17, 15) is 20.2 Å². The molecule has 0 aliphatic heterocycles. The second kappa shape index (κ2) is 8.44. The molecule has 3 aromatic rings. The summed E-state index contributed by atoms with van der Waals surface area (Å²) in [5, 5.41) is 22.0. The van der Waals surface area contributed by atoms with Crippen LogP contribution in [-0.2, 0) is 5.75 Å². The lowest BCUT2D eigenvalue weighted by molar-refractivity contribution is -0.385. The first kappa shape index (κ1) is 19.2. The van der Waals surface area contributed by atoms with Crippen molar-refractivity contribution in [2.75, 3.05) is 0 Å². The lowest BCUT2D eigenvalue weighted by Gasteiger charge is -2.07. The molecule has 142 valence electrons. The molecule has 0 bridgehead atoms. The van der Waals surface area contributed by atoms with Crippen molar-refractivity contribution < 1.29 is 14.6 Å². The SMILES string of the molecule is Cc1cc(Oc2ccc([N+](=O)[O-])cc2)nc(SCc2cccc([N+](=O)[O-])c2)n1.